The maximum Gasteiger partial charge on any atom is 0.142 e. The fraction of sp³-hybridized carbons (Fsp3) is 0.353. The van der Waals surface area contributed by atoms with Crippen LogP contribution in [-0.4, -0.2) is 18.4 Å². The molecule has 0 amide bonds. The summed E-state index contributed by atoms with van der Waals surface area (Å²) in [5, 5.41) is 0. The molecule has 0 fully saturated rings. The molecule has 0 unspecified atom stereocenters. The van der Waals surface area contributed by atoms with Crippen LogP contribution in [-0.2, 0) is 33.9 Å². The van der Waals surface area contributed by atoms with Gasteiger partial charge in [-0.15, -0.1) is 0 Å². The molecular weight excluding hydrogens is 353 g/mol. The van der Waals surface area contributed by atoms with Crippen molar-refractivity contribution in [3.8, 4) is 0 Å². The average molecular weight is 375 g/mol. The largest absolute Gasteiger partial charge is 0.300 e. The van der Waals surface area contributed by atoms with Crippen LogP contribution in [0, 0.1) is 0 Å². The van der Waals surface area contributed by atoms with Crippen LogP contribution in [0.3, 0.4) is 0 Å². The molecule has 0 saturated carbocycles. The Hall–Kier alpha value is -1.41. The average Bonchev–Trinajstić information content (AvgIpc) is 2.45. The number of hydrogen-bond acceptors (Lipinski definition) is 3. The molecule has 0 aliphatic heterocycles. The maximum atomic E-state index is 11.5. The molecule has 0 radical (unpaired) electrons. The third-order valence-corrected chi connectivity index (χ3v) is 2.53. The quantitative estimate of drug-likeness (QED) is 0.172. The zero-order chi connectivity index (χ0) is 14.9. The number of rotatable bonds is 12. The van der Waals surface area contributed by atoms with Crippen LogP contribution in [0.1, 0.15) is 38.5 Å². The Bertz CT molecular complexity index is 357. The van der Waals surface area contributed by atoms with Gasteiger partial charge in [0, 0.05) is 32.3 Å². The summed E-state index contributed by atoms with van der Waals surface area (Å²) < 4.78 is 0. The van der Waals surface area contributed by atoms with Gasteiger partial charge in [-0.25, -0.2) is 0 Å². The summed E-state index contributed by atoms with van der Waals surface area (Å²) in [4.78, 5) is 31.5. The Morgan fingerprint density at radius 3 is 1.48 bits per heavy atom. The van der Waals surface area contributed by atoms with Crippen LogP contribution in [0.5, 0.6) is 0 Å². The van der Waals surface area contributed by atoms with Crippen molar-refractivity contribution in [2.75, 3.05) is 0 Å². The molecule has 116 valence electrons. The van der Waals surface area contributed by atoms with E-state index < -0.39 is 0 Å². The fourth-order valence-corrected chi connectivity index (χ4v) is 1.53. The van der Waals surface area contributed by atoms with Crippen molar-refractivity contribution in [3.05, 3.63) is 48.6 Å². The van der Waals surface area contributed by atoms with E-state index in [-0.39, 0.29) is 19.5 Å². The molecule has 0 aromatic heterocycles. The van der Waals surface area contributed by atoms with Gasteiger partial charge in [0.1, 0.15) is 18.4 Å². The van der Waals surface area contributed by atoms with Gasteiger partial charge in [0.15, 0.2) is 0 Å². The van der Waals surface area contributed by atoms with Crippen LogP contribution in [0.25, 0.3) is 0 Å². The summed E-state index contributed by atoms with van der Waals surface area (Å²) in [5.41, 5.74) is 0. The fourth-order valence-electron chi connectivity index (χ4n) is 1.53. The van der Waals surface area contributed by atoms with E-state index in [4.69, 9.17) is 0 Å². The first-order valence-corrected chi connectivity index (χ1v) is 6.87. The van der Waals surface area contributed by atoms with Crippen molar-refractivity contribution in [3.63, 3.8) is 0 Å². The number of aldehydes is 2. The van der Waals surface area contributed by atoms with Gasteiger partial charge in [-0.2, -0.15) is 0 Å². The minimum Gasteiger partial charge on any atom is -0.300 e. The van der Waals surface area contributed by atoms with Crippen LogP contribution in [0.4, 0.5) is 0 Å². The zero-order valence-corrected chi connectivity index (χ0v) is 13.8. The monoisotopic (exact) mass is 376 g/mol. The molecule has 0 bridgehead atoms. The second-order valence-electron chi connectivity index (χ2n) is 4.22. The van der Waals surface area contributed by atoms with Gasteiger partial charge in [0.25, 0.3) is 0 Å². The minimum atomic E-state index is 0. The maximum absolute atomic E-state index is 11.5. The molecule has 3 nitrogen and oxygen atoms in total. The van der Waals surface area contributed by atoms with E-state index in [1.807, 2.05) is 24.3 Å². The third kappa shape index (κ3) is 18.6. The molecule has 0 atom stereocenters. The van der Waals surface area contributed by atoms with Crippen LogP contribution >= 0.6 is 0 Å². The van der Waals surface area contributed by atoms with Crippen molar-refractivity contribution in [2.45, 2.75) is 38.5 Å². The first-order valence-electron chi connectivity index (χ1n) is 6.87. The van der Waals surface area contributed by atoms with Crippen molar-refractivity contribution >= 4 is 18.4 Å². The molecule has 0 N–H and O–H groups in total. The topological polar surface area (TPSA) is 51.2 Å². The van der Waals surface area contributed by atoms with E-state index in [9.17, 15) is 14.4 Å². The second-order valence-corrected chi connectivity index (χ2v) is 4.22. The molecule has 4 heteroatoms. The first kappa shape index (κ1) is 21.9. The van der Waals surface area contributed by atoms with E-state index in [2.05, 4.69) is 0 Å². The molecule has 0 spiro atoms. The summed E-state index contributed by atoms with van der Waals surface area (Å²) in [7, 11) is 0. The molecule has 0 aromatic rings. The Kier molecular flexibility index (Phi) is 19.4. The van der Waals surface area contributed by atoms with E-state index >= 15 is 0 Å². The smallest absolute Gasteiger partial charge is 0.142 e. The molecule has 0 rings (SSSR count). The van der Waals surface area contributed by atoms with Gasteiger partial charge >= 0.3 is 0 Å². The third-order valence-electron chi connectivity index (χ3n) is 2.53. The molecular formula is C17H22O3Ru. The number of carbonyl (C=O) groups is 3. The predicted molar refractivity (Wildman–Crippen MR) is 81.4 cm³/mol. The van der Waals surface area contributed by atoms with E-state index in [0.29, 0.717) is 18.6 Å². The van der Waals surface area contributed by atoms with Crippen LogP contribution in [0.15, 0.2) is 48.6 Å². The number of ketones is 1. The molecule has 0 aromatic carbocycles. The van der Waals surface area contributed by atoms with Gasteiger partial charge in [-0.1, -0.05) is 36.5 Å². The van der Waals surface area contributed by atoms with Crippen LogP contribution in [0.2, 0.25) is 0 Å². The van der Waals surface area contributed by atoms with Gasteiger partial charge in [-0.3, -0.25) is 14.4 Å². The zero-order valence-electron chi connectivity index (χ0n) is 12.1. The summed E-state index contributed by atoms with van der Waals surface area (Å²) in [6, 6.07) is 0. The van der Waals surface area contributed by atoms with Gasteiger partial charge in [-0.05, 0) is 37.8 Å². The molecule has 0 heterocycles. The molecule has 0 saturated heterocycles. The molecule has 0 aliphatic rings. The van der Waals surface area contributed by atoms with Crippen molar-refractivity contribution in [2.24, 2.45) is 0 Å². The number of allylic oxidation sites excluding steroid dienone is 8. The Labute approximate surface area is 139 Å². The number of carbonyl (C=O) groups excluding carboxylic acids is 3. The van der Waals surface area contributed by atoms with Crippen molar-refractivity contribution in [1.29, 1.82) is 0 Å². The predicted octanol–water partition coefficient (Wildman–Crippen LogP) is 3.52. The van der Waals surface area contributed by atoms with E-state index in [0.717, 1.165) is 38.3 Å². The Morgan fingerprint density at radius 2 is 1.10 bits per heavy atom. The number of hydrogen-bond donors (Lipinski definition) is 0. The number of unbranched alkanes of at least 4 members (excludes halogenated alkanes) is 2. The Balaban J connectivity index is 0. The molecule has 0 aliphatic carbocycles. The van der Waals surface area contributed by atoms with Gasteiger partial charge in [0.05, 0.1) is 0 Å². The second kappa shape index (κ2) is 18.6. The van der Waals surface area contributed by atoms with E-state index in [1.165, 1.54) is 12.2 Å². The van der Waals surface area contributed by atoms with E-state index in [1.54, 1.807) is 12.2 Å². The minimum absolute atomic E-state index is 0. The van der Waals surface area contributed by atoms with Crippen LogP contribution < -0.4 is 0 Å². The first-order chi connectivity index (χ1) is 9.81. The Morgan fingerprint density at radius 1 is 0.667 bits per heavy atom. The normalized spacial score (nSPS) is 11.4. The molecule has 21 heavy (non-hydrogen) atoms. The summed E-state index contributed by atoms with van der Waals surface area (Å²) >= 11 is 0. The van der Waals surface area contributed by atoms with Gasteiger partial charge < -0.3 is 0 Å². The standard InChI is InChI=1S/C17H22O3.Ru/c18-15-11-7-3-1-5-9-13-17(20)14-10-6-2-4-8-12-16-19;/h1-4,7-8,11-12,15-16H,5-6,9-10,13-14H2;. The number of Topliss-reactive ketones (excluding diaryl/α,β-unsaturated/α-hetero) is 1. The summed E-state index contributed by atoms with van der Waals surface area (Å²) in [6.07, 6.45) is 19.8. The summed E-state index contributed by atoms with van der Waals surface area (Å²) in [6.45, 7) is 0. The SMILES string of the molecule is O=CC=CC=CCCCC(=O)CCCC=CC=CC=O.[Ru]. The van der Waals surface area contributed by atoms with Gasteiger partial charge in [0.2, 0.25) is 0 Å². The summed E-state index contributed by atoms with van der Waals surface area (Å²) in [5.74, 6) is 0.290. The van der Waals surface area contributed by atoms with Crippen molar-refractivity contribution < 1.29 is 33.9 Å². The van der Waals surface area contributed by atoms with Crippen molar-refractivity contribution in [1.82, 2.24) is 0 Å².